The Hall–Kier alpha value is -1.76. The first-order chi connectivity index (χ1) is 7.20. The number of nitro groups is 1. The lowest BCUT2D eigenvalue weighted by Gasteiger charge is -2.18. The number of rotatable bonds is 3. The molecule has 7 heteroatoms. The van der Waals surface area contributed by atoms with Crippen LogP contribution in [0.25, 0.3) is 0 Å². The Labute approximate surface area is 90.1 Å². The quantitative estimate of drug-likeness (QED) is 0.610. The number of pyridine rings is 1. The maximum Gasteiger partial charge on any atom is 0.337 e. The van der Waals surface area contributed by atoms with E-state index in [9.17, 15) is 24.4 Å². The molecule has 0 radical (unpaired) electrons. The van der Waals surface area contributed by atoms with Crippen LogP contribution in [-0.4, -0.2) is 20.2 Å². The highest BCUT2D eigenvalue weighted by molar-refractivity contribution is 5.26. The first kappa shape index (κ1) is 12.3. The molecule has 1 aromatic heterocycles. The van der Waals surface area contributed by atoms with Gasteiger partial charge in [-0.05, 0) is 13.8 Å². The van der Waals surface area contributed by atoms with Gasteiger partial charge < -0.3 is 9.67 Å². The van der Waals surface area contributed by atoms with Crippen LogP contribution in [0.15, 0.2) is 17.1 Å². The van der Waals surface area contributed by atoms with Crippen LogP contribution in [0.3, 0.4) is 0 Å². The van der Waals surface area contributed by atoms with Crippen LogP contribution < -0.4 is 5.56 Å². The van der Waals surface area contributed by atoms with E-state index in [-0.39, 0.29) is 6.54 Å². The van der Waals surface area contributed by atoms with E-state index in [0.29, 0.717) is 6.07 Å². The third kappa shape index (κ3) is 2.86. The summed E-state index contributed by atoms with van der Waals surface area (Å²) in [5.74, 6) is -0.893. The van der Waals surface area contributed by atoms with Crippen molar-refractivity contribution in [3.63, 3.8) is 0 Å². The number of hydrogen-bond acceptors (Lipinski definition) is 4. The molecule has 6 nitrogen and oxygen atoms in total. The summed E-state index contributed by atoms with van der Waals surface area (Å²) in [6.07, 6.45) is 0.827. The van der Waals surface area contributed by atoms with Gasteiger partial charge in [-0.3, -0.25) is 14.9 Å². The Kier molecular flexibility index (Phi) is 3.09. The SMILES string of the molecule is CC(C)(O)Cn1cc(F)cc([N+](=O)[O-])c1=O. The number of halogens is 1. The van der Waals surface area contributed by atoms with E-state index >= 15 is 0 Å². The molecule has 0 aliphatic heterocycles. The lowest BCUT2D eigenvalue weighted by atomic mass is 10.1. The van der Waals surface area contributed by atoms with Crippen molar-refractivity contribution in [1.29, 1.82) is 0 Å². The molecule has 1 N–H and O–H groups in total. The molecule has 0 aromatic carbocycles. The van der Waals surface area contributed by atoms with Crippen molar-refractivity contribution in [3.8, 4) is 0 Å². The van der Waals surface area contributed by atoms with E-state index in [0.717, 1.165) is 10.8 Å². The van der Waals surface area contributed by atoms with Gasteiger partial charge in [0, 0.05) is 6.20 Å². The molecule has 1 aromatic rings. The van der Waals surface area contributed by atoms with Gasteiger partial charge in [-0.1, -0.05) is 0 Å². The lowest BCUT2D eigenvalue weighted by Crippen LogP contribution is -2.33. The molecule has 88 valence electrons. The summed E-state index contributed by atoms with van der Waals surface area (Å²) in [6, 6.07) is 0.559. The van der Waals surface area contributed by atoms with Crippen LogP contribution in [0.5, 0.6) is 0 Å². The maximum atomic E-state index is 13.0. The highest BCUT2D eigenvalue weighted by Gasteiger charge is 2.21. The monoisotopic (exact) mass is 230 g/mol. The van der Waals surface area contributed by atoms with Crippen molar-refractivity contribution in [2.45, 2.75) is 26.0 Å². The predicted octanol–water partition coefficient (Wildman–Crippen LogP) is 0.666. The zero-order valence-electron chi connectivity index (χ0n) is 8.81. The van der Waals surface area contributed by atoms with Crippen LogP contribution in [0.2, 0.25) is 0 Å². The Morgan fingerprint density at radius 2 is 2.19 bits per heavy atom. The van der Waals surface area contributed by atoms with E-state index < -0.39 is 27.6 Å². The minimum Gasteiger partial charge on any atom is -0.389 e. The zero-order valence-corrected chi connectivity index (χ0v) is 8.81. The molecule has 0 amide bonds. The Balaban J connectivity index is 3.31. The van der Waals surface area contributed by atoms with Crippen LogP contribution in [0, 0.1) is 15.9 Å². The van der Waals surface area contributed by atoms with Crippen molar-refractivity contribution >= 4 is 5.69 Å². The van der Waals surface area contributed by atoms with Crippen LogP contribution >= 0.6 is 0 Å². The minimum absolute atomic E-state index is 0.218. The summed E-state index contributed by atoms with van der Waals surface area (Å²) in [4.78, 5) is 21.0. The van der Waals surface area contributed by atoms with Gasteiger partial charge in [0.05, 0.1) is 23.1 Å². The summed E-state index contributed by atoms with van der Waals surface area (Å²) in [5, 5.41) is 19.9. The van der Waals surface area contributed by atoms with Crippen molar-refractivity contribution in [2.75, 3.05) is 0 Å². The first-order valence-electron chi connectivity index (χ1n) is 4.47. The molecule has 0 fully saturated rings. The average molecular weight is 230 g/mol. The molecular weight excluding hydrogens is 219 g/mol. The van der Waals surface area contributed by atoms with Gasteiger partial charge in [0.25, 0.3) is 0 Å². The van der Waals surface area contributed by atoms with Gasteiger partial charge in [-0.25, -0.2) is 4.39 Å². The number of nitrogens with zero attached hydrogens (tertiary/aromatic N) is 2. The first-order valence-corrected chi connectivity index (χ1v) is 4.47. The highest BCUT2D eigenvalue weighted by Crippen LogP contribution is 2.09. The topological polar surface area (TPSA) is 85.4 Å². The van der Waals surface area contributed by atoms with Gasteiger partial charge in [0.15, 0.2) is 0 Å². The fourth-order valence-electron chi connectivity index (χ4n) is 1.25. The summed E-state index contributed by atoms with van der Waals surface area (Å²) in [7, 11) is 0. The standard InChI is InChI=1S/C9H11FN2O4/c1-9(2,14)5-11-4-6(10)3-7(8(11)13)12(15)16/h3-4,14H,5H2,1-2H3. The van der Waals surface area contributed by atoms with E-state index in [1.54, 1.807) is 0 Å². The number of aliphatic hydroxyl groups is 1. The number of aromatic nitrogens is 1. The molecule has 0 aliphatic rings. The van der Waals surface area contributed by atoms with Crippen molar-refractivity contribution in [3.05, 3.63) is 38.5 Å². The summed E-state index contributed by atoms with van der Waals surface area (Å²) >= 11 is 0. The molecule has 0 spiro atoms. The van der Waals surface area contributed by atoms with Gasteiger partial charge in [-0.2, -0.15) is 0 Å². The Bertz CT molecular complexity index is 475. The molecular formula is C9H11FN2O4. The smallest absolute Gasteiger partial charge is 0.337 e. The largest absolute Gasteiger partial charge is 0.389 e. The molecule has 0 aliphatic carbocycles. The Morgan fingerprint density at radius 3 is 2.62 bits per heavy atom. The van der Waals surface area contributed by atoms with Crippen molar-refractivity contribution in [2.24, 2.45) is 0 Å². The third-order valence-electron chi connectivity index (χ3n) is 1.79. The molecule has 0 unspecified atom stereocenters. The Morgan fingerprint density at radius 1 is 1.62 bits per heavy atom. The molecule has 1 heterocycles. The van der Waals surface area contributed by atoms with Gasteiger partial charge in [0.1, 0.15) is 5.82 Å². The maximum absolute atomic E-state index is 13.0. The molecule has 16 heavy (non-hydrogen) atoms. The van der Waals surface area contributed by atoms with Crippen LogP contribution in [0.4, 0.5) is 10.1 Å². The van der Waals surface area contributed by atoms with Crippen molar-refractivity contribution < 1.29 is 14.4 Å². The minimum atomic E-state index is -1.26. The fourth-order valence-corrected chi connectivity index (χ4v) is 1.25. The summed E-state index contributed by atoms with van der Waals surface area (Å²) in [6.45, 7) is 2.61. The zero-order chi connectivity index (χ0) is 12.5. The molecule has 1 rings (SSSR count). The van der Waals surface area contributed by atoms with E-state index in [4.69, 9.17) is 0 Å². The number of hydrogen-bond donors (Lipinski definition) is 1. The molecule has 0 bridgehead atoms. The lowest BCUT2D eigenvalue weighted by molar-refractivity contribution is -0.386. The normalized spacial score (nSPS) is 11.5. The van der Waals surface area contributed by atoms with Crippen LogP contribution in [-0.2, 0) is 6.54 Å². The fraction of sp³-hybridized carbons (Fsp3) is 0.444. The van der Waals surface area contributed by atoms with E-state index in [2.05, 4.69) is 0 Å². The average Bonchev–Trinajstić information content (AvgIpc) is 2.07. The second-order valence-electron chi connectivity index (χ2n) is 4.05. The molecule has 0 atom stereocenters. The van der Waals surface area contributed by atoms with Gasteiger partial charge >= 0.3 is 11.2 Å². The third-order valence-corrected chi connectivity index (χ3v) is 1.79. The second kappa shape index (κ2) is 4.01. The van der Waals surface area contributed by atoms with E-state index in [1.807, 2.05) is 0 Å². The van der Waals surface area contributed by atoms with Gasteiger partial charge in [-0.15, -0.1) is 0 Å². The summed E-state index contributed by atoms with van der Waals surface area (Å²) in [5.41, 5.74) is -3.04. The predicted molar refractivity (Wildman–Crippen MR) is 53.6 cm³/mol. The summed E-state index contributed by atoms with van der Waals surface area (Å²) < 4.78 is 13.8. The van der Waals surface area contributed by atoms with E-state index in [1.165, 1.54) is 13.8 Å². The van der Waals surface area contributed by atoms with Gasteiger partial charge in [0.2, 0.25) is 0 Å². The van der Waals surface area contributed by atoms with Crippen LogP contribution in [0.1, 0.15) is 13.8 Å². The second-order valence-corrected chi connectivity index (χ2v) is 4.05. The molecule has 0 saturated heterocycles. The highest BCUT2D eigenvalue weighted by atomic mass is 19.1. The van der Waals surface area contributed by atoms with Crippen molar-refractivity contribution in [1.82, 2.24) is 4.57 Å². The molecule has 0 saturated carbocycles.